The van der Waals surface area contributed by atoms with Crippen molar-refractivity contribution in [3.05, 3.63) is 28.2 Å². The van der Waals surface area contributed by atoms with E-state index in [-0.39, 0.29) is 12.1 Å². The van der Waals surface area contributed by atoms with Gasteiger partial charge in [0.15, 0.2) is 0 Å². The molecule has 0 aliphatic carbocycles. The highest BCUT2D eigenvalue weighted by Gasteiger charge is 2.19. The lowest BCUT2D eigenvalue weighted by Crippen LogP contribution is -2.38. The van der Waals surface area contributed by atoms with Crippen LogP contribution in [0, 0.1) is 0 Å². The van der Waals surface area contributed by atoms with Gasteiger partial charge in [0, 0.05) is 26.2 Å². The molecule has 6 heteroatoms. The number of nitrogens with zero attached hydrogens (tertiary/aromatic N) is 1. The van der Waals surface area contributed by atoms with E-state index >= 15 is 0 Å². The quantitative estimate of drug-likeness (QED) is 0.803. The van der Waals surface area contributed by atoms with Gasteiger partial charge < -0.3 is 19.7 Å². The van der Waals surface area contributed by atoms with Gasteiger partial charge in [-0.2, -0.15) is 0 Å². The first kappa shape index (κ1) is 19.8. The minimum atomic E-state index is -0.471. The maximum absolute atomic E-state index is 11.9. The summed E-state index contributed by atoms with van der Waals surface area (Å²) >= 11 is 3.49. The molecule has 0 radical (unpaired) electrons. The SMILES string of the molecule is COc1ccc(C(C)NCCN(C)C(=O)OC(C)(C)C)cc1Br. The number of benzene rings is 1. The van der Waals surface area contributed by atoms with E-state index < -0.39 is 5.60 Å². The van der Waals surface area contributed by atoms with Crippen LogP contribution in [0.3, 0.4) is 0 Å². The second-order valence-corrected chi connectivity index (χ2v) is 7.33. The Morgan fingerprint density at radius 2 is 2.04 bits per heavy atom. The lowest BCUT2D eigenvalue weighted by molar-refractivity contribution is 0.0299. The number of nitrogens with one attached hydrogen (secondary N) is 1. The van der Waals surface area contributed by atoms with Crippen molar-refractivity contribution in [3.8, 4) is 5.75 Å². The Bertz CT molecular complexity index is 529. The molecule has 0 heterocycles. The van der Waals surface area contributed by atoms with E-state index in [1.807, 2.05) is 39.0 Å². The third kappa shape index (κ3) is 6.79. The molecule has 1 aromatic carbocycles. The van der Waals surface area contributed by atoms with Crippen molar-refractivity contribution in [1.82, 2.24) is 10.2 Å². The number of hydrogen-bond donors (Lipinski definition) is 1. The number of methoxy groups -OCH3 is 1. The monoisotopic (exact) mass is 386 g/mol. The van der Waals surface area contributed by atoms with Crippen LogP contribution in [0.2, 0.25) is 0 Å². The zero-order valence-corrected chi connectivity index (χ0v) is 16.4. The average molecular weight is 387 g/mol. The van der Waals surface area contributed by atoms with Crippen molar-refractivity contribution < 1.29 is 14.3 Å². The second kappa shape index (κ2) is 8.55. The maximum Gasteiger partial charge on any atom is 0.410 e. The Hall–Kier alpha value is -1.27. The van der Waals surface area contributed by atoms with Crippen LogP contribution >= 0.6 is 15.9 Å². The number of halogens is 1. The van der Waals surface area contributed by atoms with Crippen LogP contribution in [0.15, 0.2) is 22.7 Å². The molecule has 0 bridgehead atoms. The molecule has 0 aromatic heterocycles. The van der Waals surface area contributed by atoms with Gasteiger partial charge in [-0.15, -0.1) is 0 Å². The fraction of sp³-hybridized carbons (Fsp3) is 0.588. The summed E-state index contributed by atoms with van der Waals surface area (Å²) in [5.41, 5.74) is 0.680. The van der Waals surface area contributed by atoms with E-state index in [1.54, 1.807) is 19.1 Å². The van der Waals surface area contributed by atoms with Crippen molar-refractivity contribution in [3.63, 3.8) is 0 Å². The van der Waals surface area contributed by atoms with Crippen LogP contribution in [-0.2, 0) is 4.74 Å². The van der Waals surface area contributed by atoms with E-state index in [0.29, 0.717) is 13.1 Å². The van der Waals surface area contributed by atoms with Crippen LogP contribution in [0.5, 0.6) is 5.75 Å². The van der Waals surface area contributed by atoms with Crippen molar-refractivity contribution in [2.45, 2.75) is 39.3 Å². The molecule has 0 saturated heterocycles. The van der Waals surface area contributed by atoms with E-state index in [2.05, 4.69) is 28.2 Å². The van der Waals surface area contributed by atoms with Gasteiger partial charge in [0.1, 0.15) is 11.4 Å². The fourth-order valence-electron chi connectivity index (χ4n) is 1.95. The number of amides is 1. The summed E-state index contributed by atoms with van der Waals surface area (Å²) in [6.07, 6.45) is -0.306. The molecule has 1 atom stereocenters. The van der Waals surface area contributed by atoms with Crippen LogP contribution in [0.4, 0.5) is 4.79 Å². The van der Waals surface area contributed by atoms with Crippen molar-refractivity contribution in [2.75, 3.05) is 27.2 Å². The smallest absolute Gasteiger partial charge is 0.410 e. The van der Waals surface area contributed by atoms with Crippen molar-refractivity contribution in [1.29, 1.82) is 0 Å². The highest BCUT2D eigenvalue weighted by molar-refractivity contribution is 9.10. The largest absolute Gasteiger partial charge is 0.496 e. The molecule has 0 aliphatic rings. The van der Waals surface area contributed by atoms with Gasteiger partial charge in [-0.1, -0.05) is 6.07 Å². The van der Waals surface area contributed by atoms with Gasteiger partial charge in [-0.25, -0.2) is 4.79 Å². The Morgan fingerprint density at radius 3 is 2.57 bits per heavy atom. The van der Waals surface area contributed by atoms with Crippen LogP contribution in [-0.4, -0.2) is 43.8 Å². The summed E-state index contributed by atoms with van der Waals surface area (Å²) in [6, 6.07) is 6.17. The van der Waals surface area contributed by atoms with E-state index in [1.165, 1.54) is 0 Å². The average Bonchev–Trinajstić information content (AvgIpc) is 2.45. The number of carbonyl (C=O) groups is 1. The minimum Gasteiger partial charge on any atom is -0.496 e. The van der Waals surface area contributed by atoms with Gasteiger partial charge in [0.2, 0.25) is 0 Å². The summed E-state index contributed by atoms with van der Waals surface area (Å²) in [5, 5.41) is 3.40. The molecule has 23 heavy (non-hydrogen) atoms. The van der Waals surface area contributed by atoms with Crippen molar-refractivity contribution in [2.24, 2.45) is 0 Å². The Balaban J connectivity index is 2.46. The first-order valence-electron chi connectivity index (χ1n) is 7.65. The van der Waals surface area contributed by atoms with Gasteiger partial charge in [-0.05, 0) is 61.3 Å². The maximum atomic E-state index is 11.9. The van der Waals surface area contributed by atoms with Gasteiger partial charge in [0.25, 0.3) is 0 Å². The third-order valence-corrected chi connectivity index (χ3v) is 3.90. The van der Waals surface area contributed by atoms with E-state index in [9.17, 15) is 4.79 Å². The van der Waals surface area contributed by atoms with Gasteiger partial charge in [-0.3, -0.25) is 0 Å². The highest BCUT2D eigenvalue weighted by Crippen LogP contribution is 2.27. The van der Waals surface area contributed by atoms with Crippen LogP contribution < -0.4 is 10.1 Å². The lowest BCUT2D eigenvalue weighted by Gasteiger charge is -2.25. The Labute approximate surface area is 147 Å². The summed E-state index contributed by atoms with van der Waals surface area (Å²) in [6.45, 7) is 8.93. The number of likely N-dealkylation sites (N-methyl/N-ethyl adjacent to an activating group) is 1. The number of carbonyl (C=O) groups excluding carboxylic acids is 1. The van der Waals surface area contributed by atoms with Crippen LogP contribution in [0.25, 0.3) is 0 Å². The second-order valence-electron chi connectivity index (χ2n) is 6.47. The molecule has 5 nitrogen and oxygen atoms in total. The molecule has 1 unspecified atom stereocenters. The van der Waals surface area contributed by atoms with E-state index in [0.717, 1.165) is 15.8 Å². The van der Waals surface area contributed by atoms with Crippen molar-refractivity contribution >= 4 is 22.0 Å². The minimum absolute atomic E-state index is 0.171. The first-order valence-corrected chi connectivity index (χ1v) is 8.44. The molecule has 1 aromatic rings. The summed E-state index contributed by atoms with van der Waals surface area (Å²) in [4.78, 5) is 13.5. The molecule has 0 aliphatic heterocycles. The summed E-state index contributed by atoms with van der Waals surface area (Å²) in [5.74, 6) is 0.811. The van der Waals surface area contributed by atoms with Gasteiger partial charge >= 0.3 is 6.09 Å². The first-order chi connectivity index (χ1) is 10.6. The lowest BCUT2D eigenvalue weighted by atomic mass is 10.1. The zero-order chi connectivity index (χ0) is 17.6. The summed E-state index contributed by atoms with van der Waals surface area (Å²) in [7, 11) is 3.39. The molecule has 0 spiro atoms. The third-order valence-electron chi connectivity index (χ3n) is 3.28. The normalized spacial score (nSPS) is 12.7. The molecule has 1 N–H and O–H groups in total. The summed E-state index contributed by atoms with van der Waals surface area (Å²) < 4.78 is 11.5. The topological polar surface area (TPSA) is 50.8 Å². The number of hydrogen-bond acceptors (Lipinski definition) is 4. The fourth-order valence-corrected chi connectivity index (χ4v) is 2.51. The predicted molar refractivity (Wildman–Crippen MR) is 96.0 cm³/mol. The molecule has 130 valence electrons. The molecule has 1 rings (SSSR count). The molecule has 0 saturated carbocycles. The molecule has 0 fully saturated rings. The Kier molecular flexibility index (Phi) is 7.35. The standard InChI is InChI=1S/C17H27BrN2O3/c1-12(13-7-8-15(22-6)14(18)11-13)19-9-10-20(5)16(21)23-17(2,3)4/h7-8,11-12,19H,9-10H2,1-6H3. The van der Waals surface area contributed by atoms with Gasteiger partial charge in [0.05, 0.1) is 11.6 Å². The predicted octanol–water partition coefficient (Wildman–Crippen LogP) is 3.98. The molecular formula is C17H27BrN2O3. The Morgan fingerprint density at radius 1 is 1.39 bits per heavy atom. The zero-order valence-electron chi connectivity index (χ0n) is 14.8. The molecule has 1 amide bonds. The van der Waals surface area contributed by atoms with E-state index in [4.69, 9.17) is 9.47 Å². The van der Waals surface area contributed by atoms with Crippen LogP contribution in [0.1, 0.15) is 39.3 Å². The highest BCUT2D eigenvalue weighted by atomic mass is 79.9. The molecular weight excluding hydrogens is 360 g/mol. The number of rotatable bonds is 6. The number of ether oxygens (including phenoxy) is 2.